The van der Waals surface area contributed by atoms with Crippen molar-refractivity contribution < 1.29 is 0 Å². The average Bonchev–Trinajstić information content (AvgIpc) is 1.31. The van der Waals surface area contributed by atoms with Crippen molar-refractivity contribution in [3.8, 4) is 0 Å². The molecule has 0 spiro atoms. The van der Waals surface area contributed by atoms with Crippen LogP contribution in [0.2, 0.25) is 0 Å². The van der Waals surface area contributed by atoms with Crippen molar-refractivity contribution in [2.45, 2.75) is 18.8 Å². The molecule has 0 bridgehead atoms. The first-order valence-corrected chi connectivity index (χ1v) is 2.46. The van der Waals surface area contributed by atoms with Crippen LogP contribution in [0.3, 0.4) is 0 Å². The molecule has 0 fully saturated rings. The molecule has 1 nitrogen and oxygen atoms in total. The minimum absolute atomic E-state index is 0.722. The van der Waals surface area contributed by atoms with Crippen LogP contribution in [0.5, 0.6) is 0 Å². The molecule has 1 unspecified atom stereocenters. The number of nitrogens with two attached hydrogens (primary N) is 1. The summed E-state index contributed by atoms with van der Waals surface area (Å²) in [7, 11) is 0. The molecular weight excluding hydrogens is 110 g/mol. The lowest BCUT2D eigenvalue weighted by atomic mass is 10.2. The molecule has 0 aromatic rings. The second-order valence-electron chi connectivity index (χ2n) is 1.86. The monoisotopic (exact) mass is 119 g/mol. The molecule has 7 heavy (non-hydrogen) atoms. The molecular formula is C5H10ClN. The molecule has 0 radical (unpaired) electrons. The number of halogens is 1. The van der Waals surface area contributed by atoms with Crippen molar-refractivity contribution in [2.24, 2.45) is 5.73 Å². The third-order valence-corrected chi connectivity index (χ3v) is 1.16. The summed E-state index contributed by atoms with van der Waals surface area (Å²) >= 11 is 5.55. The van der Waals surface area contributed by atoms with Gasteiger partial charge >= 0.3 is 0 Å². The maximum Gasteiger partial charge on any atom is 0.109 e. The van der Waals surface area contributed by atoms with Crippen LogP contribution >= 0.6 is 11.6 Å². The first-order valence-electron chi connectivity index (χ1n) is 2.08. The molecule has 1 atom stereocenters. The quantitative estimate of drug-likeness (QED) is 0.316. The summed E-state index contributed by atoms with van der Waals surface area (Å²) in [6, 6.07) is 0. The van der Waals surface area contributed by atoms with Crippen LogP contribution in [-0.2, 0) is 0 Å². The summed E-state index contributed by atoms with van der Waals surface area (Å²) in [5.74, 6) is 0. The van der Waals surface area contributed by atoms with Crippen LogP contribution in [0.15, 0.2) is 12.2 Å². The van der Waals surface area contributed by atoms with Gasteiger partial charge in [0.05, 0.1) is 0 Å². The Labute approximate surface area is 49.2 Å². The Bertz CT molecular complexity index is 80.6. The van der Waals surface area contributed by atoms with E-state index in [0.29, 0.717) is 0 Å². The van der Waals surface area contributed by atoms with Crippen molar-refractivity contribution in [1.82, 2.24) is 0 Å². The van der Waals surface area contributed by atoms with Gasteiger partial charge in [-0.05, 0) is 19.4 Å². The smallest absolute Gasteiger partial charge is 0.109 e. The van der Waals surface area contributed by atoms with Gasteiger partial charge in [0, 0.05) is 0 Å². The molecule has 0 aliphatic carbocycles. The summed E-state index contributed by atoms with van der Waals surface area (Å²) in [5.41, 5.74) is 6.13. The minimum Gasteiger partial charge on any atom is -0.310 e. The molecule has 0 aromatic carbocycles. The van der Waals surface area contributed by atoms with Crippen LogP contribution < -0.4 is 5.73 Å². The second-order valence-corrected chi connectivity index (χ2v) is 2.64. The summed E-state index contributed by atoms with van der Waals surface area (Å²) in [5, 5.41) is 0. The first-order chi connectivity index (χ1) is 2.94. The van der Waals surface area contributed by atoms with E-state index in [0.717, 1.165) is 5.57 Å². The largest absolute Gasteiger partial charge is 0.310 e. The fraction of sp³-hybridized carbons (Fsp3) is 0.600. The zero-order valence-corrected chi connectivity index (χ0v) is 5.42. The molecule has 0 rings (SSSR count). The standard InChI is InChI=1S/C5H10ClN/c1-4(2)5(3,6)7/h1,7H2,2-3H3. The van der Waals surface area contributed by atoms with Crippen LogP contribution in [0.4, 0.5) is 0 Å². The lowest BCUT2D eigenvalue weighted by Crippen LogP contribution is -2.29. The normalized spacial score (nSPS) is 18.3. The molecule has 0 heterocycles. The van der Waals surface area contributed by atoms with Gasteiger partial charge in [0.15, 0.2) is 0 Å². The fourth-order valence-electron chi connectivity index (χ4n) is 0. The molecule has 0 saturated carbocycles. The third-order valence-electron chi connectivity index (χ3n) is 0.834. The van der Waals surface area contributed by atoms with Gasteiger partial charge in [0.25, 0.3) is 0 Å². The predicted molar refractivity (Wildman–Crippen MR) is 33.3 cm³/mol. The Kier molecular flexibility index (Phi) is 1.84. The van der Waals surface area contributed by atoms with Crippen molar-refractivity contribution in [2.75, 3.05) is 0 Å². The van der Waals surface area contributed by atoms with Crippen LogP contribution in [0.25, 0.3) is 0 Å². The van der Waals surface area contributed by atoms with Crippen LogP contribution in [0.1, 0.15) is 13.8 Å². The van der Waals surface area contributed by atoms with Crippen LogP contribution in [0, 0.1) is 0 Å². The summed E-state index contributed by atoms with van der Waals surface area (Å²) in [6.45, 7) is 7.07. The lowest BCUT2D eigenvalue weighted by molar-refractivity contribution is 0.777. The molecule has 0 saturated heterocycles. The minimum atomic E-state index is -0.722. The van der Waals surface area contributed by atoms with Crippen LogP contribution in [-0.4, -0.2) is 5.00 Å². The van der Waals surface area contributed by atoms with E-state index in [-0.39, 0.29) is 0 Å². The van der Waals surface area contributed by atoms with Crippen molar-refractivity contribution in [1.29, 1.82) is 0 Å². The Morgan fingerprint density at radius 3 is 2.00 bits per heavy atom. The molecule has 0 aliphatic heterocycles. The van der Waals surface area contributed by atoms with E-state index in [9.17, 15) is 0 Å². The van der Waals surface area contributed by atoms with E-state index in [4.69, 9.17) is 17.3 Å². The van der Waals surface area contributed by atoms with E-state index in [2.05, 4.69) is 6.58 Å². The van der Waals surface area contributed by atoms with E-state index in [1.165, 1.54) is 0 Å². The predicted octanol–water partition coefficient (Wildman–Crippen LogP) is 1.48. The first kappa shape index (κ1) is 6.99. The number of alkyl halides is 1. The summed E-state index contributed by atoms with van der Waals surface area (Å²) in [6.07, 6.45) is 0. The molecule has 0 aliphatic rings. The zero-order valence-electron chi connectivity index (χ0n) is 4.66. The van der Waals surface area contributed by atoms with Gasteiger partial charge < -0.3 is 5.73 Å². The Morgan fingerprint density at radius 2 is 2.00 bits per heavy atom. The van der Waals surface area contributed by atoms with E-state index in [1.54, 1.807) is 13.8 Å². The number of rotatable bonds is 1. The second kappa shape index (κ2) is 1.85. The highest BCUT2D eigenvalue weighted by atomic mass is 35.5. The lowest BCUT2D eigenvalue weighted by Gasteiger charge is -2.13. The average molecular weight is 120 g/mol. The van der Waals surface area contributed by atoms with Crippen molar-refractivity contribution in [3.63, 3.8) is 0 Å². The maximum atomic E-state index is 5.55. The number of hydrogen-bond acceptors (Lipinski definition) is 1. The van der Waals surface area contributed by atoms with Crippen molar-refractivity contribution in [3.05, 3.63) is 12.2 Å². The molecule has 42 valence electrons. The van der Waals surface area contributed by atoms with E-state index >= 15 is 0 Å². The molecule has 2 heteroatoms. The van der Waals surface area contributed by atoms with Gasteiger partial charge in [0.1, 0.15) is 5.00 Å². The topological polar surface area (TPSA) is 26.0 Å². The Balaban J connectivity index is 3.79. The molecule has 2 N–H and O–H groups in total. The highest BCUT2D eigenvalue weighted by Crippen LogP contribution is 2.13. The zero-order chi connectivity index (χ0) is 6.08. The Morgan fingerprint density at radius 1 is 1.86 bits per heavy atom. The Hall–Kier alpha value is -0.0100. The SMILES string of the molecule is C=C(C)C(C)(N)Cl. The van der Waals surface area contributed by atoms with Crippen molar-refractivity contribution >= 4 is 11.6 Å². The van der Waals surface area contributed by atoms with Gasteiger partial charge in [-0.25, -0.2) is 0 Å². The third kappa shape index (κ3) is 2.66. The van der Waals surface area contributed by atoms with Gasteiger partial charge in [-0.1, -0.05) is 18.2 Å². The molecule has 0 aromatic heterocycles. The van der Waals surface area contributed by atoms with Gasteiger partial charge in [-0.2, -0.15) is 0 Å². The maximum absolute atomic E-state index is 5.55. The summed E-state index contributed by atoms with van der Waals surface area (Å²) in [4.78, 5) is -0.722. The highest BCUT2D eigenvalue weighted by Gasteiger charge is 2.12. The van der Waals surface area contributed by atoms with E-state index < -0.39 is 5.00 Å². The van der Waals surface area contributed by atoms with Gasteiger partial charge in [0.2, 0.25) is 0 Å². The highest BCUT2D eigenvalue weighted by molar-refractivity contribution is 6.25. The number of hydrogen-bond donors (Lipinski definition) is 1. The van der Waals surface area contributed by atoms with Gasteiger partial charge in [-0.3, -0.25) is 0 Å². The fourth-order valence-corrected chi connectivity index (χ4v) is 0. The van der Waals surface area contributed by atoms with E-state index in [1.807, 2.05) is 0 Å². The van der Waals surface area contributed by atoms with Gasteiger partial charge in [-0.15, -0.1) is 0 Å². The molecule has 0 amide bonds. The summed E-state index contributed by atoms with van der Waals surface area (Å²) < 4.78 is 0.